The number of hydrogen-bond acceptors (Lipinski definition) is 3. The Hall–Kier alpha value is -2.73. The number of phenolic OH excluding ortho intramolecular Hbond substituents is 1. The van der Waals surface area contributed by atoms with Gasteiger partial charge in [0.25, 0.3) is 0 Å². The number of guanidine groups is 1. The van der Waals surface area contributed by atoms with Crippen molar-refractivity contribution in [1.29, 1.82) is 0 Å². The number of nitrogens with zero attached hydrogens (tertiary/aromatic N) is 2. The van der Waals surface area contributed by atoms with Gasteiger partial charge in [0, 0.05) is 30.8 Å². The molecule has 0 unspecified atom stereocenters. The van der Waals surface area contributed by atoms with Crippen LogP contribution in [-0.4, -0.2) is 42.0 Å². The monoisotopic (exact) mass is 374 g/mol. The molecule has 0 atom stereocenters. The number of nitrogens with one attached hydrogen (secondary N) is 2. The van der Waals surface area contributed by atoms with Crippen LogP contribution in [0.1, 0.15) is 12.5 Å². The van der Waals surface area contributed by atoms with Crippen molar-refractivity contribution in [1.82, 2.24) is 10.2 Å². The summed E-state index contributed by atoms with van der Waals surface area (Å²) in [6.45, 7) is 3.21. The van der Waals surface area contributed by atoms with E-state index in [0.29, 0.717) is 29.8 Å². The average Bonchev–Trinajstić information content (AvgIpc) is 2.62. The lowest BCUT2D eigenvalue weighted by molar-refractivity contribution is -0.114. The number of amides is 1. The molecule has 26 heavy (non-hydrogen) atoms. The molecule has 0 heterocycles. The van der Waals surface area contributed by atoms with E-state index in [9.17, 15) is 9.90 Å². The zero-order valence-corrected chi connectivity index (χ0v) is 15.6. The predicted molar refractivity (Wildman–Crippen MR) is 106 cm³/mol. The van der Waals surface area contributed by atoms with Gasteiger partial charge in [-0.25, -0.2) is 4.99 Å². The minimum atomic E-state index is -0.239. The van der Waals surface area contributed by atoms with Crippen LogP contribution in [0.5, 0.6) is 5.75 Å². The Kier molecular flexibility index (Phi) is 7.29. The highest BCUT2D eigenvalue weighted by molar-refractivity contribution is 6.31. The van der Waals surface area contributed by atoms with Crippen molar-refractivity contribution in [3.05, 3.63) is 59.1 Å². The van der Waals surface area contributed by atoms with Gasteiger partial charge in [0.15, 0.2) is 5.96 Å². The first-order chi connectivity index (χ1) is 12.5. The van der Waals surface area contributed by atoms with E-state index in [4.69, 9.17) is 11.6 Å². The van der Waals surface area contributed by atoms with E-state index in [0.717, 1.165) is 5.56 Å². The van der Waals surface area contributed by atoms with Crippen LogP contribution in [-0.2, 0) is 11.3 Å². The van der Waals surface area contributed by atoms with Crippen molar-refractivity contribution >= 4 is 29.2 Å². The van der Waals surface area contributed by atoms with Crippen molar-refractivity contribution in [3.63, 3.8) is 0 Å². The average molecular weight is 375 g/mol. The number of hydrogen-bond donors (Lipinski definition) is 3. The lowest BCUT2D eigenvalue weighted by Gasteiger charge is -2.22. The van der Waals surface area contributed by atoms with Crippen LogP contribution in [0.15, 0.2) is 53.5 Å². The molecule has 0 saturated carbocycles. The lowest BCUT2D eigenvalue weighted by atomic mass is 10.2. The van der Waals surface area contributed by atoms with Crippen LogP contribution in [0.2, 0.25) is 5.02 Å². The summed E-state index contributed by atoms with van der Waals surface area (Å²) in [5, 5.41) is 15.9. The quantitative estimate of drug-likeness (QED) is 0.412. The van der Waals surface area contributed by atoms with Crippen LogP contribution in [0.4, 0.5) is 5.69 Å². The van der Waals surface area contributed by atoms with Gasteiger partial charge in [0.2, 0.25) is 5.91 Å². The molecule has 0 radical (unpaired) electrons. The first kappa shape index (κ1) is 19.6. The van der Waals surface area contributed by atoms with Crippen molar-refractivity contribution < 1.29 is 9.90 Å². The zero-order valence-electron chi connectivity index (χ0n) is 14.9. The molecule has 0 aliphatic heterocycles. The van der Waals surface area contributed by atoms with Gasteiger partial charge in [-0.2, -0.15) is 0 Å². The van der Waals surface area contributed by atoms with Crippen molar-refractivity contribution in [3.8, 4) is 5.75 Å². The Morgan fingerprint density at radius 3 is 2.54 bits per heavy atom. The van der Waals surface area contributed by atoms with Gasteiger partial charge in [0.1, 0.15) is 12.3 Å². The standard InChI is InChI=1S/C19H23ClN4O2/c1-3-21-19(24(2)13-14-6-4-5-7-17(14)20)22-12-18(26)23-15-8-10-16(25)11-9-15/h4-11,25H,3,12-13H2,1-2H3,(H,21,22)(H,23,26). The molecule has 7 heteroatoms. The van der Waals surface area contributed by atoms with Crippen molar-refractivity contribution in [2.24, 2.45) is 4.99 Å². The highest BCUT2D eigenvalue weighted by Crippen LogP contribution is 2.16. The van der Waals surface area contributed by atoms with E-state index in [1.807, 2.05) is 43.1 Å². The molecule has 0 aliphatic carbocycles. The SMILES string of the molecule is CCNC(=NCC(=O)Nc1ccc(O)cc1)N(C)Cc1ccccc1Cl. The third kappa shape index (κ3) is 5.97. The summed E-state index contributed by atoms with van der Waals surface area (Å²) in [6, 6.07) is 13.9. The summed E-state index contributed by atoms with van der Waals surface area (Å²) in [6.07, 6.45) is 0. The summed E-state index contributed by atoms with van der Waals surface area (Å²) in [7, 11) is 1.89. The number of phenols is 1. The number of anilines is 1. The maximum atomic E-state index is 12.1. The van der Waals surface area contributed by atoms with Gasteiger partial charge in [0.05, 0.1) is 0 Å². The van der Waals surface area contributed by atoms with E-state index < -0.39 is 0 Å². The molecule has 0 aromatic heterocycles. The normalized spacial score (nSPS) is 11.1. The molecule has 1 amide bonds. The fourth-order valence-electron chi connectivity index (χ4n) is 2.32. The van der Waals surface area contributed by atoms with Gasteiger partial charge in [-0.3, -0.25) is 4.79 Å². The Balaban J connectivity index is 1.99. The maximum absolute atomic E-state index is 12.1. The third-order valence-electron chi connectivity index (χ3n) is 3.59. The molecular formula is C19H23ClN4O2. The van der Waals surface area contributed by atoms with E-state index in [2.05, 4.69) is 15.6 Å². The third-order valence-corrected chi connectivity index (χ3v) is 3.95. The molecule has 0 fully saturated rings. The largest absolute Gasteiger partial charge is 0.508 e. The Morgan fingerprint density at radius 2 is 1.88 bits per heavy atom. The van der Waals surface area contributed by atoms with Crippen molar-refractivity contribution in [2.45, 2.75) is 13.5 Å². The molecule has 0 bridgehead atoms. The number of aromatic hydroxyl groups is 1. The van der Waals surface area contributed by atoms with Crippen LogP contribution in [0.25, 0.3) is 0 Å². The molecule has 0 saturated heterocycles. The molecule has 2 aromatic carbocycles. The second kappa shape index (κ2) is 9.68. The van der Waals surface area contributed by atoms with Gasteiger partial charge >= 0.3 is 0 Å². The van der Waals surface area contributed by atoms with Crippen LogP contribution in [0.3, 0.4) is 0 Å². The Bertz CT molecular complexity index is 762. The van der Waals surface area contributed by atoms with E-state index in [1.54, 1.807) is 12.1 Å². The molecular weight excluding hydrogens is 352 g/mol. The predicted octanol–water partition coefficient (Wildman–Crippen LogP) is 3.08. The molecule has 0 aliphatic rings. The number of benzene rings is 2. The molecule has 3 N–H and O–H groups in total. The maximum Gasteiger partial charge on any atom is 0.246 e. The summed E-state index contributed by atoms with van der Waals surface area (Å²) >= 11 is 6.21. The van der Waals surface area contributed by atoms with E-state index >= 15 is 0 Å². The number of carbonyl (C=O) groups is 1. The fraction of sp³-hybridized carbons (Fsp3) is 0.263. The smallest absolute Gasteiger partial charge is 0.246 e. The first-order valence-electron chi connectivity index (χ1n) is 8.31. The number of halogens is 1. The minimum Gasteiger partial charge on any atom is -0.508 e. The highest BCUT2D eigenvalue weighted by Gasteiger charge is 2.10. The van der Waals surface area contributed by atoms with Gasteiger partial charge < -0.3 is 20.6 Å². The summed E-state index contributed by atoms with van der Waals surface area (Å²) < 4.78 is 0. The topological polar surface area (TPSA) is 77.0 Å². The van der Waals surface area contributed by atoms with Crippen LogP contribution >= 0.6 is 11.6 Å². The molecule has 6 nitrogen and oxygen atoms in total. The molecule has 0 spiro atoms. The highest BCUT2D eigenvalue weighted by atomic mass is 35.5. The molecule has 138 valence electrons. The van der Waals surface area contributed by atoms with Gasteiger partial charge in [-0.15, -0.1) is 0 Å². The lowest BCUT2D eigenvalue weighted by Crippen LogP contribution is -2.39. The summed E-state index contributed by atoms with van der Waals surface area (Å²) in [5.74, 6) is 0.530. The van der Waals surface area contributed by atoms with E-state index in [-0.39, 0.29) is 18.2 Å². The zero-order chi connectivity index (χ0) is 18.9. The molecule has 2 aromatic rings. The van der Waals surface area contributed by atoms with Gasteiger partial charge in [-0.05, 0) is 42.8 Å². The van der Waals surface area contributed by atoms with Crippen molar-refractivity contribution in [2.75, 3.05) is 25.5 Å². The Morgan fingerprint density at radius 1 is 1.19 bits per heavy atom. The second-order valence-corrected chi connectivity index (χ2v) is 6.12. The summed E-state index contributed by atoms with van der Waals surface area (Å²) in [4.78, 5) is 18.4. The number of aliphatic imine (C=N–C) groups is 1. The minimum absolute atomic E-state index is 0.0178. The van der Waals surface area contributed by atoms with Crippen LogP contribution < -0.4 is 10.6 Å². The number of carbonyl (C=O) groups excluding carboxylic acids is 1. The fourth-order valence-corrected chi connectivity index (χ4v) is 2.51. The number of rotatable bonds is 6. The second-order valence-electron chi connectivity index (χ2n) is 5.71. The first-order valence-corrected chi connectivity index (χ1v) is 8.69. The molecule has 2 rings (SSSR count). The van der Waals surface area contributed by atoms with Gasteiger partial charge in [-0.1, -0.05) is 29.8 Å². The van der Waals surface area contributed by atoms with Crippen LogP contribution in [0, 0.1) is 0 Å². The summed E-state index contributed by atoms with van der Waals surface area (Å²) in [5.41, 5.74) is 1.59. The Labute approximate surface area is 158 Å². The van der Waals surface area contributed by atoms with E-state index in [1.165, 1.54) is 12.1 Å².